The van der Waals surface area contributed by atoms with Gasteiger partial charge in [-0.1, -0.05) is 19.4 Å². The van der Waals surface area contributed by atoms with Crippen molar-refractivity contribution in [3.05, 3.63) is 24.3 Å². The van der Waals surface area contributed by atoms with Crippen molar-refractivity contribution in [3.8, 4) is 5.75 Å². The molecule has 22 heavy (non-hydrogen) atoms. The Labute approximate surface area is 139 Å². The molecule has 4 nitrogen and oxygen atoms in total. The van der Waals surface area contributed by atoms with Crippen molar-refractivity contribution >= 4 is 24.0 Å². The number of halogens is 1. The molecule has 0 aliphatic carbocycles. The van der Waals surface area contributed by atoms with E-state index >= 15 is 0 Å². The van der Waals surface area contributed by atoms with Crippen molar-refractivity contribution in [2.45, 2.75) is 39.0 Å². The minimum atomic E-state index is 0. The molecule has 5 heteroatoms. The van der Waals surface area contributed by atoms with Crippen molar-refractivity contribution < 1.29 is 9.53 Å². The quantitative estimate of drug-likeness (QED) is 0.717. The molecule has 1 aromatic carbocycles. The fourth-order valence-electron chi connectivity index (χ4n) is 2.52. The summed E-state index contributed by atoms with van der Waals surface area (Å²) in [5.41, 5.74) is 0.818. The summed E-state index contributed by atoms with van der Waals surface area (Å²) in [6, 6.07) is 7.64. The molecule has 1 atom stereocenters. The van der Waals surface area contributed by atoms with Gasteiger partial charge in [0.25, 0.3) is 0 Å². The monoisotopic (exact) mass is 326 g/mol. The lowest BCUT2D eigenvalue weighted by Gasteiger charge is -2.10. The van der Waals surface area contributed by atoms with Gasteiger partial charge >= 0.3 is 0 Å². The van der Waals surface area contributed by atoms with Crippen LogP contribution in [-0.4, -0.2) is 25.6 Å². The minimum absolute atomic E-state index is 0. The molecule has 0 bridgehead atoms. The first-order valence-electron chi connectivity index (χ1n) is 8.01. The molecule has 124 valence electrons. The Kier molecular flexibility index (Phi) is 8.94. The van der Waals surface area contributed by atoms with E-state index in [1.807, 2.05) is 24.3 Å². The molecule has 1 saturated heterocycles. The molecular formula is C17H27ClN2O2. The molecule has 1 amide bonds. The van der Waals surface area contributed by atoms with Crippen molar-refractivity contribution in [2.75, 3.05) is 25.0 Å². The van der Waals surface area contributed by atoms with Crippen molar-refractivity contribution in [3.63, 3.8) is 0 Å². The number of anilines is 1. The van der Waals surface area contributed by atoms with Gasteiger partial charge in [-0.25, -0.2) is 0 Å². The maximum atomic E-state index is 12.0. The van der Waals surface area contributed by atoms with Crippen LogP contribution in [-0.2, 0) is 4.79 Å². The van der Waals surface area contributed by atoms with Crippen molar-refractivity contribution in [2.24, 2.45) is 5.92 Å². The average Bonchev–Trinajstić information content (AvgIpc) is 2.99. The van der Waals surface area contributed by atoms with Gasteiger partial charge in [0.15, 0.2) is 0 Å². The molecule has 2 rings (SSSR count). The van der Waals surface area contributed by atoms with Gasteiger partial charge in [0.1, 0.15) is 5.75 Å². The molecule has 1 unspecified atom stereocenters. The van der Waals surface area contributed by atoms with E-state index in [2.05, 4.69) is 17.6 Å². The van der Waals surface area contributed by atoms with Gasteiger partial charge < -0.3 is 15.4 Å². The molecule has 0 radical (unpaired) electrons. The highest BCUT2D eigenvalue weighted by molar-refractivity contribution is 5.90. The number of unbranched alkanes of at least 4 members (excludes halogenated alkanes) is 1. The second-order valence-electron chi connectivity index (χ2n) is 5.68. The van der Waals surface area contributed by atoms with Crippen LogP contribution in [0, 0.1) is 5.92 Å². The molecule has 2 N–H and O–H groups in total. The summed E-state index contributed by atoms with van der Waals surface area (Å²) in [7, 11) is 0. The first kappa shape index (κ1) is 18.8. The summed E-state index contributed by atoms with van der Waals surface area (Å²) < 4.78 is 5.65. The Balaban J connectivity index is 0.00000242. The molecule has 0 saturated carbocycles. The van der Waals surface area contributed by atoms with Gasteiger partial charge in [-0.2, -0.15) is 0 Å². The maximum Gasteiger partial charge on any atom is 0.224 e. The first-order valence-corrected chi connectivity index (χ1v) is 8.01. The van der Waals surface area contributed by atoms with E-state index < -0.39 is 0 Å². The number of hydrogen-bond acceptors (Lipinski definition) is 3. The molecule has 0 spiro atoms. The first-order chi connectivity index (χ1) is 10.3. The van der Waals surface area contributed by atoms with Crippen LogP contribution in [0.2, 0.25) is 0 Å². The lowest BCUT2D eigenvalue weighted by atomic mass is 10.0. The van der Waals surface area contributed by atoms with Crippen LogP contribution in [0.5, 0.6) is 5.75 Å². The maximum absolute atomic E-state index is 12.0. The van der Waals surface area contributed by atoms with Gasteiger partial charge in [-0.15, -0.1) is 12.4 Å². The van der Waals surface area contributed by atoms with Crippen LogP contribution < -0.4 is 15.4 Å². The summed E-state index contributed by atoms with van der Waals surface area (Å²) >= 11 is 0. The highest BCUT2D eigenvalue weighted by atomic mass is 35.5. The van der Waals surface area contributed by atoms with Gasteiger partial charge in [0, 0.05) is 18.2 Å². The number of amides is 1. The number of nitrogens with one attached hydrogen (secondary N) is 2. The third kappa shape index (κ3) is 6.67. The predicted molar refractivity (Wildman–Crippen MR) is 92.9 cm³/mol. The van der Waals surface area contributed by atoms with Crippen LogP contribution in [0.1, 0.15) is 39.0 Å². The van der Waals surface area contributed by atoms with E-state index in [1.54, 1.807) is 0 Å². The van der Waals surface area contributed by atoms with Crippen molar-refractivity contribution in [1.29, 1.82) is 0 Å². The molecule has 0 aromatic heterocycles. The number of rotatable bonds is 8. The zero-order chi connectivity index (χ0) is 14.9. The number of benzene rings is 1. The normalized spacial score (nSPS) is 16.9. The third-order valence-electron chi connectivity index (χ3n) is 3.83. The Morgan fingerprint density at radius 3 is 3.05 bits per heavy atom. The lowest BCUT2D eigenvalue weighted by Crippen LogP contribution is -2.15. The standard InChI is InChI=1S/C17H26N2O2.ClH/c1-2-3-11-21-16-6-4-5-15(12-16)19-17(20)8-7-14-9-10-18-13-14;/h4-6,12,14,18H,2-3,7-11,13H2,1H3,(H,19,20);1H. The van der Waals surface area contributed by atoms with Gasteiger partial charge in [0.05, 0.1) is 6.61 Å². The van der Waals surface area contributed by atoms with E-state index in [1.165, 1.54) is 6.42 Å². The Morgan fingerprint density at radius 1 is 1.45 bits per heavy atom. The Hall–Kier alpha value is -1.26. The summed E-state index contributed by atoms with van der Waals surface area (Å²) in [4.78, 5) is 12.0. The fourth-order valence-corrected chi connectivity index (χ4v) is 2.52. The highest BCUT2D eigenvalue weighted by Crippen LogP contribution is 2.19. The van der Waals surface area contributed by atoms with Gasteiger partial charge in [-0.3, -0.25) is 4.79 Å². The number of hydrogen-bond donors (Lipinski definition) is 2. The van der Waals surface area contributed by atoms with Crippen LogP contribution in [0.25, 0.3) is 0 Å². The summed E-state index contributed by atoms with van der Waals surface area (Å²) in [6.45, 7) is 5.00. The average molecular weight is 327 g/mol. The van der Waals surface area contributed by atoms with E-state index in [9.17, 15) is 4.79 Å². The molecule has 1 heterocycles. The molecule has 1 aromatic rings. The number of ether oxygens (including phenoxy) is 1. The van der Waals surface area contributed by atoms with Crippen LogP contribution >= 0.6 is 12.4 Å². The molecule has 1 aliphatic heterocycles. The summed E-state index contributed by atoms with van der Waals surface area (Å²) in [5, 5.41) is 6.29. The minimum Gasteiger partial charge on any atom is -0.494 e. The second-order valence-corrected chi connectivity index (χ2v) is 5.68. The largest absolute Gasteiger partial charge is 0.494 e. The van der Waals surface area contributed by atoms with Gasteiger partial charge in [-0.05, 0) is 50.4 Å². The highest BCUT2D eigenvalue weighted by Gasteiger charge is 2.15. The number of carbonyl (C=O) groups is 1. The Bertz CT molecular complexity index is 448. The smallest absolute Gasteiger partial charge is 0.224 e. The summed E-state index contributed by atoms with van der Waals surface area (Å²) in [5.74, 6) is 1.56. The number of carbonyl (C=O) groups excluding carboxylic acids is 1. The van der Waals surface area contributed by atoms with E-state index in [4.69, 9.17) is 4.74 Å². The van der Waals surface area contributed by atoms with E-state index in [0.717, 1.165) is 50.4 Å². The van der Waals surface area contributed by atoms with E-state index in [-0.39, 0.29) is 18.3 Å². The summed E-state index contributed by atoms with van der Waals surface area (Å²) in [6.07, 6.45) is 4.91. The topological polar surface area (TPSA) is 50.4 Å². The zero-order valence-corrected chi connectivity index (χ0v) is 14.1. The zero-order valence-electron chi connectivity index (χ0n) is 13.3. The Morgan fingerprint density at radius 2 is 2.32 bits per heavy atom. The van der Waals surface area contributed by atoms with Crippen LogP contribution in [0.4, 0.5) is 5.69 Å². The molecule has 1 aliphatic rings. The van der Waals surface area contributed by atoms with Gasteiger partial charge in [0.2, 0.25) is 5.91 Å². The molecule has 1 fully saturated rings. The SMILES string of the molecule is CCCCOc1cccc(NC(=O)CCC2CCNC2)c1.Cl. The van der Waals surface area contributed by atoms with Crippen molar-refractivity contribution in [1.82, 2.24) is 5.32 Å². The van der Waals surface area contributed by atoms with E-state index in [0.29, 0.717) is 12.3 Å². The second kappa shape index (κ2) is 10.5. The van der Waals surface area contributed by atoms with Crippen LogP contribution in [0.3, 0.4) is 0 Å². The predicted octanol–water partition coefficient (Wildman–Crippen LogP) is 3.62. The van der Waals surface area contributed by atoms with Crippen LogP contribution in [0.15, 0.2) is 24.3 Å². The molecular weight excluding hydrogens is 300 g/mol. The third-order valence-corrected chi connectivity index (χ3v) is 3.83. The fraction of sp³-hybridized carbons (Fsp3) is 0.588. The lowest BCUT2D eigenvalue weighted by molar-refractivity contribution is -0.116.